The third-order valence-electron chi connectivity index (χ3n) is 5.19. The lowest BCUT2D eigenvalue weighted by Gasteiger charge is -2.34. The predicted molar refractivity (Wildman–Crippen MR) is 74.2 cm³/mol. The van der Waals surface area contributed by atoms with Gasteiger partial charge in [0.05, 0.1) is 12.6 Å². The molecule has 3 aliphatic rings. The number of amides is 3. The molecule has 1 N–H and O–H groups in total. The van der Waals surface area contributed by atoms with Gasteiger partial charge in [0.1, 0.15) is 5.54 Å². The SMILES string of the molecule is CCC1CCC2(CC1)NC(=O)N(C[C@H]1CCCO1)C2=O. The van der Waals surface area contributed by atoms with Crippen molar-refractivity contribution in [2.45, 2.75) is 63.5 Å². The number of carbonyl (C=O) groups excluding carboxylic acids is 2. The zero-order valence-electron chi connectivity index (χ0n) is 12.2. The largest absolute Gasteiger partial charge is 0.376 e. The fraction of sp³-hybridized carbons (Fsp3) is 0.867. The molecule has 3 rings (SSSR count). The van der Waals surface area contributed by atoms with E-state index in [0.717, 1.165) is 51.6 Å². The number of carbonyl (C=O) groups is 2. The number of nitrogens with one attached hydrogen (secondary N) is 1. The van der Waals surface area contributed by atoms with Gasteiger partial charge in [-0.15, -0.1) is 0 Å². The second-order valence-corrected chi connectivity index (χ2v) is 6.41. The Kier molecular flexibility index (Phi) is 3.71. The van der Waals surface area contributed by atoms with Crippen molar-refractivity contribution >= 4 is 11.9 Å². The molecule has 1 atom stereocenters. The average molecular weight is 280 g/mol. The van der Waals surface area contributed by atoms with Gasteiger partial charge in [-0.1, -0.05) is 13.3 Å². The number of nitrogens with zero attached hydrogens (tertiary/aromatic N) is 1. The van der Waals surface area contributed by atoms with Crippen LogP contribution in [0.4, 0.5) is 4.79 Å². The molecule has 0 aromatic heterocycles. The average Bonchev–Trinajstić information content (AvgIpc) is 3.04. The minimum absolute atomic E-state index is 0.0208. The van der Waals surface area contributed by atoms with E-state index in [9.17, 15) is 9.59 Å². The van der Waals surface area contributed by atoms with Gasteiger partial charge in [0.25, 0.3) is 5.91 Å². The first-order chi connectivity index (χ1) is 9.64. The van der Waals surface area contributed by atoms with Gasteiger partial charge in [-0.05, 0) is 44.4 Å². The lowest BCUT2D eigenvalue weighted by atomic mass is 9.75. The van der Waals surface area contributed by atoms with Crippen molar-refractivity contribution in [2.75, 3.05) is 13.2 Å². The first-order valence-corrected chi connectivity index (χ1v) is 7.90. The van der Waals surface area contributed by atoms with E-state index in [-0.39, 0.29) is 18.0 Å². The first kappa shape index (κ1) is 13.9. The zero-order chi connectivity index (χ0) is 14.2. The van der Waals surface area contributed by atoms with E-state index in [1.54, 1.807) is 0 Å². The fourth-order valence-corrected chi connectivity index (χ4v) is 3.75. The molecule has 5 heteroatoms. The molecule has 0 aromatic carbocycles. The summed E-state index contributed by atoms with van der Waals surface area (Å²) in [6.07, 6.45) is 6.83. The minimum Gasteiger partial charge on any atom is -0.376 e. The lowest BCUT2D eigenvalue weighted by Crippen LogP contribution is -2.49. The number of ether oxygens (including phenoxy) is 1. The zero-order valence-corrected chi connectivity index (χ0v) is 12.2. The molecular weight excluding hydrogens is 256 g/mol. The van der Waals surface area contributed by atoms with Gasteiger partial charge >= 0.3 is 6.03 Å². The van der Waals surface area contributed by atoms with Crippen LogP contribution in [-0.2, 0) is 9.53 Å². The molecule has 5 nitrogen and oxygen atoms in total. The summed E-state index contributed by atoms with van der Waals surface area (Å²) in [5.74, 6) is 0.685. The Hall–Kier alpha value is -1.10. The highest BCUT2D eigenvalue weighted by Gasteiger charge is 2.52. The van der Waals surface area contributed by atoms with Crippen molar-refractivity contribution < 1.29 is 14.3 Å². The van der Waals surface area contributed by atoms with Gasteiger partial charge in [-0.3, -0.25) is 9.69 Å². The van der Waals surface area contributed by atoms with Crippen molar-refractivity contribution in [3.63, 3.8) is 0 Å². The van der Waals surface area contributed by atoms with E-state index in [1.807, 2.05) is 0 Å². The Labute approximate surface area is 120 Å². The molecular formula is C15H24N2O3. The Morgan fingerprint density at radius 1 is 1.30 bits per heavy atom. The normalized spacial score (nSPS) is 37.8. The lowest BCUT2D eigenvalue weighted by molar-refractivity contribution is -0.133. The van der Waals surface area contributed by atoms with E-state index in [4.69, 9.17) is 4.74 Å². The van der Waals surface area contributed by atoms with Crippen LogP contribution in [-0.4, -0.2) is 41.6 Å². The fourth-order valence-electron chi connectivity index (χ4n) is 3.75. The van der Waals surface area contributed by atoms with Crippen LogP contribution in [0.15, 0.2) is 0 Å². The van der Waals surface area contributed by atoms with Crippen molar-refractivity contribution in [2.24, 2.45) is 5.92 Å². The van der Waals surface area contributed by atoms with E-state index in [1.165, 1.54) is 4.90 Å². The highest BCUT2D eigenvalue weighted by Crippen LogP contribution is 2.37. The second-order valence-electron chi connectivity index (χ2n) is 6.41. The molecule has 0 bridgehead atoms. The highest BCUT2D eigenvalue weighted by atomic mass is 16.5. The molecule has 0 aromatic rings. The third-order valence-corrected chi connectivity index (χ3v) is 5.19. The number of hydrogen-bond acceptors (Lipinski definition) is 3. The van der Waals surface area contributed by atoms with Gasteiger partial charge in [0.2, 0.25) is 0 Å². The third kappa shape index (κ3) is 2.32. The van der Waals surface area contributed by atoms with Gasteiger partial charge in [-0.25, -0.2) is 4.79 Å². The van der Waals surface area contributed by atoms with E-state index in [2.05, 4.69) is 12.2 Å². The Morgan fingerprint density at radius 3 is 2.65 bits per heavy atom. The van der Waals surface area contributed by atoms with Crippen LogP contribution in [0.3, 0.4) is 0 Å². The van der Waals surface area contributed by atoms with Gasteiger partial charge in [0, 0.05) is 6.61 Å². The maximum Gasteiger partial charge on any atom is 0.325 e. The molecule has 2 heterocycles. The summed E-state index contributed by atoms with van der Waals surface area (Å²) >= 11 is 0. The number of imide groups is 1. The van der Waals surface area contributed by atoms with Gasteiger partial charge < -0.3 is 10.1 Å². The van der Waals surface area contributed by atoms with Crippen molar-refractivity contribution in [3.8, 4) is 0 Å². The first-order valence-electron chi connectivity index (χ1n) is 7.90. The molecule has 1 aliphatic carbocycles. The standard InChI is InChI=1S/C15H24N2O3/c1-2-11-5-7-15(8-6-11)13(18)17(14(19)16-15)10-12-4-3-9-20-12/h11-12H,2-10H2,1H3,(H,16,19)/t11?,12-,15?/m1/s1. The van der Waals surface area contributed by atoms with Crippen molar-refractivity contribution in [1.82, 2.24) is 10.2 Å². The van der Waals surface area contributed by atoms with E-state index >= 15 is 0 Å². The van der Waals surface area contributed by atoms with Crippen LogP contribution in [0.1, 0.15) is 51.9 Å². The Morgan fingerprint density at radius 2 is 2.05 bits per heavy atom. The Balaban J connectivity index is 1.67. The molecule has 3 fully saturated rings. The van der Waals surface area contributed by atoms with Crippen LogP contribution in [0, 0.1) is 5.92 Å². The summed E-state index contributed by atoms with van der Waals surface area (Å²) in [6.45, 7) is 3.36. The van der Waals surface area contributed by atoms with Crippen LogP contribution in [0.5, 0.6) is 0 Å². The summed E-state index contributed by atoms with van der Waals surface area (Å²) in [6, 6.07) is -0.222. The topological polar surface area (TPSA) is 58.6 Å². The summed E-state index contributed by atoms with van der Waals surface area (Å²) in [4.78, 5) is 26.2. The van der Waals surface area contributed by atoms with Crippen LogP contribution in [0.25, 0.3) is 0 Å². The predicted octanol–water partition coefficient (Wildman–Crippen LogP) is 2.06. The summed E-state index contributed by atoms with van der Waals surface area (Å²) in [5.41, 5.74) is -0.610. The quantitative estimate of drug-likeness (QED) is 0.805. The van der Waals surface area contributed by atoms with Crippen molar-refractivity contribution in [1.29, 1.82) is 0 Å². The molecule has 0 radical (unpaired) electrons. The second kappa shape index (κ2) is 5.35. The summed E-state index contributed by atoms with van der Waals surface area (Å²) in [5, 5.41) is 2.97. The van der Waals surface area contributed by atoms with Crippen LogP contribution in [0.2, 0.25) is 0 Å². The smallest absolute Gasteiger partial charge is 0.325 e. The highest BCUT2D eigenvalue weighted by molar-refractivity contribution is 6.07. The van der Waals surface area contributed by atoms with E-state index in [0.29, 0.717) is 12.5 Å². The van der Waals surface area contributed by atoms with Crippen LogP contribution >= 0.6 is 0 Å². The molecule has 3 amide bonds. The maximum absolute atomic E-state index is 12.7. The monoisotopic (exact) mass is 280 g/mol. The van der Waals surface area contributed by atoms with Crippen molar-refractivity contribution in [3.05, 3.63) is 0 Å². The van der Waals surface area contributed by atoms with Gasteiger partial charge in [-0.2, -0.15) is 0 Å². The molecule has 112 valence electrons. The number of hydrogen-bond donors (Lipinski definition) is 1. The molecule has 0 unspecified atom stereocenters. The summed E-state index contributed by atoms with van der Waals surface area (Å²) in [7, 11) is 0. The van der Waals surface area contributed by atoms with Crippen LogP contribution < -0.4 is 5.32 Å². The maximum atomic E-state index is 12.7. The number of urea groups is 1. The molecule has 20 heavy (non-hydrogen) atoms. The molecule has 1 spiro atoms. The molecule has 2 aliphatic heterocycles. The van der Waals surface area contributed by atoms with E-state index < -0.39 is 5.54 Å². The minimum atomic E-state index is -0.610. The summed E-state index contributed by atoms with van der Waals surface area (Å²) < 4.78 is 5.55. The molecule has 2 saturated heterocycles. The number of rotatable bonds is 3. The Bertz CT molecular complexity index is 396. The molecule has 1 saturated carbocycles. The van der Waals surface area contributed by atoms with Gasteiger partial charge in [0.15, 0.2) is 0 Å².